The monoisotopic (exact) mass is 282 g/mol. The lowest BCUT2D eigenvalue weighted by molar-refractivity contribution is -0.0729. The topological polar surface area (TPSA) is 52.6 Å². The van der Waals surface area contributed by atoms with Gasteiger partial charge in [0, 0.05) is 0 Å². The molecule has 9 heteroatoms. The Morgan fingerprint density at radius 3 is 1.94 bits per heavy atom. The highest BCUT2D eigenvalue weighted by Crippen LogP contribution is 2.26. The SMILES string of the molecule is CC(C)(C)OC[C@H](CF)OS(=O)(=O)C(F)(F)F. The van der Waals surface area contributed by atoms with E-state index in [-0.39, 0.29) is 0 Å². The first-order chi connectivity index (χ1) is 7.39. The predicted octanol–water partition coefficient (Wildman–Crippen LogP) is 2.01. The number of hydrogen-bond acceptors (Lipinski definition) is 4. The van der Waals surface area contributed by atoms with Crippen molar-refractivity contribution >= 4 is 10.1 Å². The molecule has 0 saturated carbocycles. The molecule has 1 atom stereocenters. The lowest BCUT2D eigenvalue weighted by atomic mass is 10.2. The fourth-order valence-electron chi connectivity index (χ4n) is 0.675. The molecular weight excluding hydrogens is 268 g/mol. The van der Waals surface area contributed by atoms with Crippen molar-refractivity contribution in [3.8, 4) is 0 Å². The molecule has 0 aliphatic heterocycles. The number of halogens is 4. The van der Waals surface area contributed by atoms with Gasteiger partial charge in [-0.2, -0.15) is 21.6 Å². The van der Waals surface area contributed by atoms with Gasteiger partial charge in [-0.25, -0.2) is 4.39 Å². The third-order valence-electron chi connectivity index (χ3n) is 1.42. The van der Waals surface area contributed by atoms with Crippen molar-refractivity contribution in [1.29, 1.82) is 0 Å². The van der Waals surface area contributed by atoms with Crippen LogP contribution < -0.4 is 0 Å². The van der Waals surface area contributed by atoms with E-state index in [0.717, 1.165) is 0 Å². The quantitative estimate of drug-likeness (QED) is 0.440. The van der Waals surface area contributed by atoms with Crippen LogP contribution in [-0.4, -0.2) is 38.9 Å². The number of ether oxygens (including phenoxy) is 1. The Balaban J connectivity index is 4.53. The van der Waals surface area contributed by atoms with Crippen molar-refractivity contribution in [2.24, 2.45) is 0 Å². The van der Waals surface area contributed by atoms with Gasteiger partial charge >= 0.3 is 15.6 Å². The van der Waals surface area contributed by atoms with Gasteiger partial charge in [0.1, 0.15) is 12.8 Å². The zero-order valence-electron chi connectivity index (χ0n) is 9.54. The molecule has 0 aromatic heterocycles. The molecule has 0 rings (SSSR count). The van der Waals surface area contributed by atoms with Gasteiger partial charge in [0.05, 0.1) is 12.2 Å². The maximum atomic E-state index is 12.3. The molecule has 0 aliphatic rings. The number of hydrogen-bond donors (Lipinski definition) is 0. The fraction of sp³-hybridized carbons (Fsp3) is 1.00. The summed E-state index contributed by atoms with van der Waals surface area (Å²) >= 11 is 0. The van der Waals surface area contributed by atoms with Gasteiger partial charge < -0.3 is 4.74 Å². The van der Waals surface area contributed by atoms with Crippen molar-refractivity contribution in [1.82, 2.24) is 0 Å². The van der Waals surface area contributed by atoms with E-state index in [1.165, 1.54) is 0 Å². The molecule has 0 aliphatic carbocycles. The third kappa shape index (κ3) is 6.18. The van der Waals surface area contributed by atoms with Gasteiger partial charge in [0.2, 0.25) is 0 Å². The summed E-state index contributed by atoms with van der Waals surface area (Å²) in [4.78, 5) is 0. The van der Waals surface area contributed by atoms with E-state index in [1.54, 1.807) is 20.8 Å². The molecule has 104 valence electrons. The molecule has 0 fully saturated rings. The van der Waals surface area contributed by atoms with Crippen LogP contribution in [0.4, 0.5) is 17.6 Å². The van der Waals surface area contributed by atoms with E-state index >= 15 is 0 Å². The van der Waals surface area contributed by atoms with Gasteiger partial charge in [0.15, 0.2) is 0 Å². The minimum absolute atomic E-state index is 0.588. The molecule has 0 unspecified atom stereocenters. The Bertz CT molecular complexity index is 330. The highest BCUT2D eigenvalue weighted by Gasteiger charge is 2.48. The van der Waals surface area contributed by atoms with Crippen LogP contribution in [0.25, 0.3) is 0 Å². The van der Waals surface area contributed by atoms with E-state index < -0.39 is 40.6 Å². The van der Waals surface area contributed by atoms with Gasteiger partial charge in [-0.05, 0) is 20.8 Å². The van der Waals surface area contributed by atoms with Crippen molar-refractivity contribution < 1.29 is 34.9 Å². The van der Waals surface area contributed by atoms with Crippen LogP contribution in [0.1, 0.15) is 20.8 Å². The molecule has 0 spiro atoms. The predicted molar refractivity (Wildman–Crippen MR) is 51.5 cm³/mol. The second-order valence-corrected chi connectivity index (χ2v) is 5.76. The van der Waals surface area contributed by atoms with E-state index in [9.17, 15) is 26.0 Å². The van der Waals surface area contributed by atoms with Crippen LogP contribution in [0, 0.1) is 0 Å². The second kappa shape index (κ2) is 5.49. The highest BCUT2D eigenvalue weighted by molar-refractivity contribution is 7.87. The summed E-state index contributed by atoms with van der Waals surface area (Å²) in [7, 11) is -5.80. The summed E-state index contributed by atoms with van der Waals surface area (Å²) in [5.74, 6) is 0. The first-order valence-corrected chi connectivity index (χ1v) is 5.99. The van der Waals surface area contributed by atoms with Gasteiger partial charge in [0.25, 0.3) is 0 Å². The van der Waals surface area contributed by atoms with Crippen LogP contribution in [0.3, 0.4) is 0 Å². The maximum Gasteiger partial charge on any atom is 0.523 e. The zero-order valence-corrected chi connectivity index (χ0v) is 10.4. The average Bonchev–Trinajstić information content (AvgIpc) is 2.08. The van der Waals surface area contributed by atoms with E-state index in [4.69, 9.17) is 4.74 Å². The maximum absolute atomic E-state index is 12.3. The minimum atomic E-state index is -5.80. The summed E-state index contributed by atoms with van der Waals surface area (Å²) in [6, 6.07) is 0. The van der Waals surface area contributed by atoms with Crippen LogP contribution in [-0.2, 0) is 19.0 Å². The first-order valence-electron chi connectivity index (χ1n) is 4.58. The van der Waals surface area contributed by atoms with Crippen LogP contribution >= 0.6 is 0 Å². The Hall–Kier alpha value is -0.410. The molecule has 0 saturated heterocycles. The molecule has 0 amide bonds. The summed E-state index contributed by atoms with van der Waals surface area (Å²) < 4.78 is 77.9. The van der Waals surface area contributed by atoms with E-state index in [2.05, 4.69) is 4.18 Å². The molecule has 4 nitrogen and oxygen atoms in total. The lowest BCUT2D eigenvalue weighted by Gasteiger charge is -2.23. The van der Waals surface area contributed by atoms with E-state index in [0.29, 0.717) is 0 Å². The summed E-state index contributed by atoms with van der Waals surface area (Å²) in [5, 5.41) is 0. The lowest BCUT2D eigenvalue weighted by Crippen LogP contribution is -2.35. The van der Waals surface area contributed by atoms with Crippen LogP contribution in [0.2, 0.25) is 0 Å². The Kier molecular flexibility index (Phi) is 5.36. The fourth-order valence-corrected chi connectivity index (χ4v) is 1.25. The Morgan fingerprint density at radius 2 is 1.65 bits per heavy atom. The minimum Gasteiger partial charge on any atom is -0.373 e. The first kappa shape index (κ1) is 16.6. The summed E-state index contributed by atoms with van der Waals surface area (Å²) in [6.45, 7) is 2.77. The summed E-state index contributed by atoms with van der Waals surface area (Å²) in [6.07, 6.45) is -1.80. The Labute approximate surface area is 97.0 Å². The van der Waals surface area contributed by atoms with Crippen molar-refractivity contribution in [3.63, 3.8) is 0 Å². The molecule has 0 radical (unpaired) electrons. The standard InChI is InChI=1S/C8H14F4O4S/c1-7(2,3)15-5-6(4-9)16-17(13,14)8(10,11)12/h6H,4-5H2,1-3H3/t6-/m0/s1. The van der Waals surface area contributed by atoms with Gasteiger partial charge in [-0.1, -0.05) is 0 Å². The number of rotatable bonds is 5. The second-order valence-electron chi connectivity index (χ2n) is 4.20. The summed E-state index contributed by atoms with van der Waals surface area (Å²) in [5.41, 5.74) is -6.30. The van der Waals surface area contributed by atoms with Crippen molar-refractivity contribution in [2.75, 3.05) is 13.3 Å². The zero-order chi connectivity index (χ0) is 13.9. The molecule has 0 bridgehead atoms. The molecule has 0 heterocycles. The average molecular weight is 282 g/mol. The normalized spacial score (nSPS) is 15.9. The van der Waals surface area contributed by atoms with Crippen LogP contribution in [0.5, 0.6) is 0 Å². The van der Waals surface area contributed by atoms with Crippen molar-refractivity contribution in [2.45, 2.75) is 38.0 Å². The molecule has 0 aromatic rings. The third-order valence-corrected chi connectivity index (χ3v) is 2.51. The smallest absolute Gasteiger partial charge is 0.373 e. The number of alkyl halides is 4. The molecular formula is C8H14F4O4S. The molecule has 17 heavy (non-hydrogen) atoms. The largest absolute Gasteiger partial charge is 0.523 e. The highest BCUT2D eigenvalue weighted by atomic mass is 32.2. The molecule has 0 aromatic carbocycles. The van der Waals surface area contributed by atoms with Crippen LogP contribution in [0.15, 0.2) is 0 Å². The van der Waals surface area contributed by atoms with Crippen molar-refractivity contribution in [3.05, 3.63) is 0 Å². The van der Waals surface area contributed by atoms with Gasteiger partial charge in [-0.3, -0.25) is 4.18 Å². The van der Waals surface area contributed by atoms with E-state index in [1.807, 2.05) is 0 Å². The Morgan fingerprint density at radius 1 is 1.18 bits per heavy atom. The molecule has 0 N–H and O–H groups in total. The van der Waals surface area contributed by atoms with Gasteiger partial charge in [-0.15, -0.1) is 0 Å².